The number of rotatable bonds is 4. The van der Waals surface area contributed by atoms with Crippen molar-refractivity contribution in [3.05, 3.63) is 0 Å². The van der Waals surface area contributed by atoms with Crippen molar-refractivity contribution in [3.63, 3.8) is 0 Å². The van der Waals surface area contributed by atoms with Gasteiger partial charge in [0.1, 0.15) is 5.60 Å². The van der Waals surface area contributed by atoms with E-state index in [4.69, 9.17) is 6.42 Å². The lowest BCUT2D eigenvalue weighted by atomic mass is 9.89. The lowest BCUT2D eigenvalue weighted by Crippen LogP contribution is -2.27. The van der Waals surface area contributed by atoms with E-state index in [0.29, 0.717) is 12.3 Å². The topological polar surface area (TPSA) is 20.2 Å². The molecule has 0 rings (SSSR count). The van der Waals surface area contributed by atoms with E-state index in [1.54, 1.807) is 0 Å². The monoisotopic (exact) mass is 154 g/mol. The summed E-state index contributed by atoms with van der Waals surface area (Å²) in [5.41, 5.74) is -0.866. The Morgan fingerprint density at radius 2 is 2.09 bits per heavy atom. The Hall–Kier alpha value is -0.480. The van der Waals surface area contributed by atoms with Crippen LogP contribution in [0.15, 0.2) is 0 Å². The van der Waals surface area contributed by atoms with Gasteiger partial charge >= 0.3 is 0 Å². The fraction of sp³-hybridized carbons (Fsp3) is 0.800. The van der Waals surface area contributed by atoms with Gasteiger partial charge in [-0.2, -0.15) is 0 Å². The van der Waals surface area contributed by atoms with Gasteiger partial charge in [-0.05, 0) is 18.8 Å². The molecule has 0 aliphatic carbocycles. The van der Waals surface area contributed by atoms with E-state index in [0.717, 1.165) is 12.8 Å². The van der Waals surface area contributed by atoms with E-state index in [9.17, 15) is 5.11 Å². The smallest absolute Gasteiger partial charge is 0.125 e. The van der Waals surface area contributed by atoms with Gasteiger partial charge in [-0.15, -0.1) is 6.42 Å². The van der Waals surface area contributed by atoms with Crippen LogP contribution in [0.2, 0.25) is 0 Å². The summed E-state index contributed by atoms with van der Waals surface area (Å²) >= 11 is 0. The van der Waals surface area contributed by atoms with Crippen LogP contribution in [0, 0.1) is 18.3 Å². The standard InChI is InChI=1S/C10H18O/c1-5-9(4)8-10(11,6-2)7-3/h2,9,11H,5,7-8H2,1,3-4H3. The molecule has 0 aliphatic rings. The van der Waals surface area contributed by atoms with E-state index in [2.05, 4.69) is 19.8 Å². The molecule has 0 radical (unpaired) electrons. The molecule has 1 N–H and O–H groups in total. The van der Waals surface area contributed by atoms with Gasteiger partial charge in [0.05, 0.1) is 0 Å². The summed E-state index contributed by atoms with van der Waals surface area (Å²) in [4.78, 5) is 0. The van der Waals surface area contributed by atoms with Crippen molar-refractivity contribution < 1.29 is 5.11 Å². The summed E-state index contributed by atoms with van der Waals surface area (Å²) in [6.45, 7) is 6.14. The lowest BCUT2D eigenvalue weighted by Gasteiger charge is -2.23. The van der Waals surface area contributed by atoms with E-state index < -0.39 is 5.60 Å². The first-order chi connectivity index (χ1) is 5.08. The molecule has 0 saturated carbocycles. The van der Waals surface area contributed by atoms with Crippen LogP contribution in [0.4, 0.5) is 0 Å². The Morgan fingerprint density at radius 1 is 1.55 bits per heavy atom. The van der Waals surface area contributed by atoms with Crippen molar-refractivity contribution in [1.29, 1.82) is 0 Å². The second kappa shape index (κ2) is 4.41. The Bertz CT molecular complexity index is 145. The molecule has 2 unspecified atom stereocenters. The molecule has 0 heterocycles. The quantitative estimate of drug-likeness (QED) is 0.615. The highest BCUT2D eigenvalue weighted by Gasteiger charge is 2.23. The molecular weight excluding hydrogens is 136 g/mol. The molecule has 0 aliphatic heterocycles. The van der Waals surface area contributed by atoms with E-state index >= 15 is 0 Å². The van der Waals surface area contributed by atoms with E-state index in [-0.39, 0.29) is 0 Å². The van der Waals surface area contributed by atoms with Gasteiger partial charge in [0.25, 0.3) is 0 Å². The van der Waals surface area contributed by atoms with Gasteiger partial charge in [-0.3, -0.25) is 0 Å². The number of hydrogen-bond donors (Lipinski definition) is 1. The molecule has 11 heavy (non-hydrogen) atoms. The molecule has 64 valence electrons. The summed E-state index contributed by atoms with van der Waals surface area (Å²) in [7, 11) is 0. The number of terminal acetylenes is 1. The minimum Gasteiger partial charge on any atom is -0.378 e. The first kappa shape index (κ1) is 10.5. The SMILES string of the molecule is C#CC(O)(CC)CC(C)CC. The van der Waals surface area contributed by atoms with Gasteiger partial charge in [-0.1, -0.05) is 33.1 Å². The van der Waals surface area contributed by atoms with Crippen LogP contribution in [0.25, 0.3) is 0 Å². The minimum absolute atomic E-state index is 0.510. The zero-order valence-corrected chi connectivity index (χ0v) is 7.72. The largest absolute Gasteiger partial charge is 0.378 e. The fourth-order valence-corrected chi connectivity index (χ4v) is 1.03. The molecular formula is C10H18O. The first-order valence-corrected chi connectivity index (χ1v) is 4.28. The number of hydrogen-bond acceptors (Lipinski definition) is 1. The maximum Gasteiger partial charge on any atom is 0.125 e. The third-order valence-electron chi connectivity index (χ3n) is 2.24. The predicted octanol–water partition coefficient (Wildman–Crippen LogP) is 2.20. The fourth-order valence-electron chi connectivity index (χ4n) is 1.03. The lowest BCUT2D eigenvalue weighted by molar-refractivity contribution is 0.0710. The summed E-state index contributed by atoms with van der Waals surface area (Å²) in [6, 6.07) is 0. The van der Waals surface area contributed by atoms with Crippen LogP contribution in [0.1, 0.15) is 40.0 Å². The van der Waals surface area contributed by atoms with Gasteiger partial charge in [0, 0.05) is 0 Å². The maximum atomic E-state index is 9.69. The minimum atomic E-state index is -0.866. The van der Waals surface area contributed by atoms with Gasteiger partial charge in [0.2, 0.25) is 0 Å². The molecule has 0 aromatic carbocycles. The van der Waals surface area contributed by atoms with Crippen molar-refractivity contribution in [2.45, 2.75) is 45.6 Å². The summed E-state index contributed by atoms with van der Waals surface area (Å²) in [5, 5.41) is 9.69. The second-order valence-electron chi connectivity index (χ2n) is 3.25. The van der Waals surface area contributed by atoms with Crippen LogP contribution < -0.4 is 0 Å². The van der Waals surface area contributed by atoms with Crippen LogP contribution in [0.3, 0.4) is 0 Å². The molecule has 0 saturated heterocycles. The molecule has 0 bridgehead atoms. The molecule has 2 atom stereocenters. The normalized spacial score (nSPS) is 18.5. The average Bonchev–Trinajstić information content (AvgIpc) is 2.04. The Morgan fingerprint density at radius 3 is 2.36 bits per heavy atom. The highest BCUT2D eigenvalue weighted by Crippen LogP contribution is 2.21. The molecule has 0 aromatic heterocycles. The highest BCUT2D eigenvalue weighted by molar-refractivity contribution is 5.06. The summed E-state index contributed by atoms with van der Waals surface area (Å²) < 4.78 is 0. The predicted molar refractivity (Wildman–Crippen MR) is 48.1 cm³/mol. The molecule has 0 aromatic rings. The van der Waals surface area contributed by atoms with E-state index in [1.165, 1.54) is 0 Å². The van der Waals surface area contributed by atoms with Crippen molar-refractivity contribution in [3.8, 4) is 12.3 Å². The average molecular weight is 154 g/mol. The summed E-state index contributed by atoms with van der Waals surface area (Å²) in [6.07, 6.45) is 7.66. The Kier molecular flexibility index (Phi) is 4.22. The molecule has 0 spiro atoms. The molecule has 0 fully saturated rings. The van der Waals surface area contributed by atoms with Crippen molar-refractivity contribution in [1.82, 2.24) is 0 Å². The van der Waals surface area contributed by atoms with E-state index in [1.807, 2.05) is 6.92 Å². The Labute approximate surface area is 69.8 Å². The van der Waals surface area contributed by atoms with Crippen LogP contribution >= 0.6 is 0 Å². The molecule has 1 heteroatoms. The van der Waals surface area contributed by atoms with Crippen LogP contribution in [-0.4, -0.2) is 10.7 Å². The molecule has 0 amide bonds. The highest BCUT2D eigenvalue weighted by atomic mass is 16.3. The summed E-state index contributed by atoms with van der Waals surface area (Å²) in [5.74, 6) is 2.96. The van der Waals surface area contributed by atoms with Crippen LogP contribution in [-0.2, 0) is 0 Å². The molecule has 1 nitrogen and oxygen atoms in total. The zero-order valence-electron chi connectivity index (χ0n) is 7.72. The van der Waals surface area contributed by atoms with Gasteiger partial charge in [0.15, 0.2) is 0 Å². The van der Waals surface area contributed by atoms with Crippen LogP contribution in [0.5, 0.6) is 0 Å². The maximum absolute atomic E-state index is 9.69. The first-order valence-electron chi connectivity index (χ1n) is 4.28. The third-order valence-corrected chi connectivity index (χ3v) is 2.24. The van der Waals surface area contributed by atoms with Crippen molar-refractivity contribution in [2.75, 3.05) is 0 Å². The van der Waals surface area contributed by atoms with Gasteiger partial charge in [-0.25, -0.2) is 0 Å². The Balaban J connectivity index is 3.99. The number of aliphatic hydroxyl groups is 1. The van der Waals surface area contributed by atoms with Crippen molar-refractivity contribution in [2.24, 2.45) is 5.92 Å². The van der Waals surface area contributed by atoms with Crippen molar-refractivity contribution >= 4 is 0 Å². The zero-order chi connectivity index (χ0) is 8.91. The second-order valence-corrected chi connectivity index (χ2v) is 3.25. The third kappa shape index (κ3) is 3.43. The van der Waals surface area contributed by atoms with Gasteiger partial charge < -0.3 is 5.11 Å².